The van der Waals surface area contributed by atoms with E-state index in [0.29, 0.717) is 16.5 Å². The van der Waals surface area contributed by atoms with Crippen LogP contribution in [0.1, 0.15) is 24.5 Å². The molecule has 1 amide bonds. The number of hydrogen-bond acceptors (Lipinski definition) is 5. The molecule has 6 nitrogen and oxygen atoms in total. The molecular formula is C17H19ClN2O4S. The van der Waals surface area contributed by atoms with Gasteiger partial charge in [0, 0.05) is 17.5 Å². The fourth-order valence-electron chi connectivity index (χ4n) is 1.90. The van der Waals surface area contributed by atoms with E-state index in [-0.39, 0.29) is 18.9 Å². The van der Waals surface area contributed by atoms with Crippen LogP contribution in [-0.2, 0) is 22.6 Å². The monoisotopic (exact) mass is 382 g/mol. The van der Waals surface area contributed by atoms with Crippen LogP contribution in [0.2, 0.25) is 5.02 Å². The van der Waals surface area contributed by atoms with Crippen molar-refractivity contribution >= 4 is 34.8 Å². The first kappa shape index (κ1) is 19.2. The van der Waals surface area contributed by atoms with E-state index in [1.165, 1.54) is 37.1 Å². The van der Waals surface area contributed by atoms with Crippen molar-refractivity contribution in [1.82, 2.24) is 9.88 Å². The van der Waals surface area contributed by atoms with E-state index in [1.54, 1.807) is 29.6 Å². The van der Waals surface area contributed by atoms with Crippen LogP contribution < -0.4 is 4.74 Å². The molecule has 2 aromatic rings. The topological polar surface area (TPSA) is 79.7 Å². The summed E-state index contributed by atoms with van der Waals surface area (Å²) in [6.45, 7) is 3.26. The summed E-state index contributed by atoms with van der Waals surface area (Å²) >= 11 is 7.21. The van der Waals surface area contributed by atoms with Crippen LogP contribution in [0.3, 0.4) is 0 Å². The lowest BCUT2D eigenvalue weighted by atomic mass is 10.0. The van der Waals surface area contributed by atoms with Crippen molar-refractivity contribution in [2.45, 2.75) is 32.4 Å². The molecule has 25 heavy (non-hydrogen) atoms. The number of carbonyl (C=O) groups excluding carboxylic acids is 1. The summed E-state index contributed by atoms with van der Waals surface area (Å²) < 4.78 is 5.61. The molecule has 0 saturated carbocycles. The highest BCUT2D eigenvalue weighted by molar-refractivity contribution is 7.09. The van der Waals surface area contributed by atoms with E-state index in [2.05, 4.69) is 4.98 Å². The fraction of sp³-hybridized carbons (Fsp3) is 0.353. The van der Waals surface area contributed by atoms with Gasteiger partial charge in [-0.15, -0.1) is 11.3 Å². The molecule has 1 N–H and O–H groups in total. The van der Waals surface area contributed by atoms with Crippen LogP contribution in [0.4, 0.5) is 0 Å². The quantitative estimate of drug-likeness (QED) is 0.795. The maximum atomic E-state index is 12.3. The zero-order valence-electron chi connectivity index (χ0n) is 14.2. The Morgan fingerprint density at radius 3 is 2.56 bits per heavy atom. The largest absolute Gasteiger partial charge is 0.486 e. The summed E-state index contributed by atoms with van der Waals surface area (Å²) in [7, 11) is 1.48. The second kappa shape index (κ2) is 7.84. The fourth-order valence-corrected chi connectivity index (χ4v) is 2.73. The van der Waals surface area contributed by atoms with Crippen molar-refractivity contribution in [2.75, 3.05) is 7.05 Å². The van der Waals surface area contributed by atoms with Crippen LogP contribution in [0, 0.1) is 0 Å². The van der Waals surface area contributed by atoms with Gasteiger partial charge in [0.25, 0.3) is 0 Å². The first-order chi connectivity index (χ1) is 11.7. The number of aliphatic carboxylic acids is 1. The third-order valence-corrected chi connectivity index (χ3v) is 4.97. The van der Waals surface area contributed by atoms with Crippen LogP contribution in [0.5, 0.6) is 5.75 Å². The van der Waals surface area contributed by atoms with Crippen molar-refractivity contribution in [3.63, 3.8) is 0 Å². The molecule has 0 unspecified atom stereocenters. The standard InChI is InChI=1S/C17H19ClN2O4S/c1-17(2,16(22)23)20(3)15(21)8-12-10-25-14(19-12)9-24-13-6-4-11(18)5-7-13/h4-7,10H,8-9H2,1-3H3,(H,22,23). The average Bonchev–Trinajstić information content (AvgIpc) is 3.00. The number of carbonyl (C=O) groups is 2. The third kappa shape index (κ3) is 4.93. The molecule has 0 bridgehead atoms. The highest BCUT2D eigenvalue weighted by atomic mass is 35.5. The summed E-state index contributed by atoms with van der Waals surface area (Å²) in [6, 6.07) is 7.01. The van der Waals surface area contributed by atoms with Crippen molar-refractivity contribution in [1.29, 1.82) is 0 Å². The normalized spacial score (nSPS) is 11.2. The number of rotatable bonds is 7. The van der Waals surface area contributed by atoms with Crippen LogP contribution >= 0.6 is 22.9 Å². The number of thiazole rings is 1. The van der Waals surface area contributed by atoms with E-state index in [0.717, 1.165) is 5.01 Å². The lowest BCUT2D eigenvalue weighted by Crippen LogP contribution is -2.51. The van der Waals surface area contributed by atoms with Gasteiger partial charge < -0.3 is 14.7 Å². The molecule has 0 aliphatic rings. The molecule has 2 rings (SSSR count). The second-order valence-electron chi connectivity index (χ2n) is 5.97. The number of nitrogens with zero attached hydrogens (tertiary/aromatic N) is 2. The van der Waals surface area contributed by atoms with Crippen LogP contribution in [0.15, 0.2) is 29.6 Å². The van der Waals surface area contributed by atoms with Crippen molar-refractivity contribution < 1.29 is 19.4 Å². The number of halogens is 1. The molecule has 0 atom stereocenters. The number of carboxylic acids is 1. The van der Waals surface area contributed by atoms with Crippen molar-refractivity contribution in [3.8, 4) is 5.75 Å². The molecule has 134 valence electrons. The predicted octanol–water partition coefficient (Wildman–Crippen LogP) is 3.24. The average molecular weight is 383 g/mol. The summed E-state index contributed by atoms with van der Waals surface area (Å²) in [6.07, 6.45) is 0.0463. The maximum absolute atomic E-state index is 12.3. The molecular weight excluding hydrogens is 364 g/mol. The predicted molar refractivity (Wildman–Crippen MR) is 96.1 cm³/mol. The lowest BCUT2D eigenvalue weighted by molar-refractivity contribution is -0.155. The lowest BCUT2D eigenvalue weighted by Gasteiger charge is -2.31. The highest BCUT2D eigenvalue weighted by Gasteiger charge is 2.35. The molecule has 0 aliphatic carbocycles. The van der Waals surface area contributed by atoms with Gasteiger partial charge in [-0.1, -0.05) is 11.6 Å². The first-order valence-corrected chi connectivity index (χ1v) is 8.77. The van der Waals surface area contributed by atoms with E-state index in [4.69, 9.17) is 16.3 Å². The summed E-state index contributed by atoms with van der Waals surface area (Å²) in [5, 5.41) is 12.3. The zero-order chi connectivity index (χ0) is 18.6. The minimum atomic E-state index is -1.27. The smallest absolute Gasteiger partial charge is 0.329 e. The van der Waals surface area contributed by atoms with E-state index < -0.39 is 11.5 Å². The Labute approximate surface area is 155 Å². The zero-order valence-corrected chi connectivity index (χ0v) is 15.7. The van der Waals surface area contributed by atoms with Crippen LogP contribution in [-0.4, -0.2) is 39.5 Å². The minimum Gasteiger partial charge on any atom is -0.486 e. The molecule has 0 radical (unpaired) electrons. The van der Waals surface area contributed by atoms with Gasteiger partial charge in [0.15, 0.2) is 0 Å². The van der Waals surface area contributed by atoms with E-state index in [9.17, 15) is 14.7 Å². The first-order valence-electron chi connectivity index (χ1n) is 7.52. The van der Waals surface area contributed by atoms with E-state index in [1.807, 2.05) is 0 Å². The second-order valence-corrected chi connectivity index (χ2v) is 7.35. The molecule has 0 aliphatic heterocycles. The Bertz CT molecular complexity index is 758. The Morgan fingerprint density at radius 2 is 1.96 bits per heavy atom. The van der Waals surface area contributed by atoms with Gasteiger partial charge in [0.1, 0.15) is 22.9 Å². The number of ether oxygens (including phenoxy) is 1. The van der Waals surface area contributed by atoms with Crippen LogP contribution in [0.25, 0.3) is 0 Å². The third-order valence-electron chi connectivity index (χ3n) is 3.84. The highest BCUT2D eigenvalue weighted by Crippen LogP contribution is 2.19. The molecule has 1 aromatic heterocycles. The molecule has 0 spiro atoms. The van der Waals surface area contributed by atoms with Gasteiger partial charge in [-0.3, -0.25) is 4.79 Å². The molecule has 0 fully saturated rings. The Kier molecular flexibility index (Phi) is 6.02. The summed E-state index contributed by atoms with van der Waals surface area (Å²) in [5.74, 6) is -0.679. The van der Waals surface area contributed by atoms with Gasteiger partial charge in [-0.05, 0) is 38.1 Å². The Balaban J connectivity index is 1.93. The number of carboxylic acid groups (broad SMARTS) is 1. The summed E-state index contributed by atoms with van der Waals surface area (Å²) in [5.41, 5.74) is -0.675. The van der Waals surface area contributed by atoms with Crippen molar-refractivity contribution in [3.05, 3.63) is 45.4 Å². The van der Waals surface area contributed by atoms with Gasteiger partial charge >= 0.3 is 5.97 Å². The number of amides is 1. The number of hydrogen-bond donors (Lipinski definition) is 1. The van der Waals surface area contributed by atoms with Crippen molar-refractivity contribution in [2.24, 2.45) is 0 Å². The molecule has 8 heteroatoms. The Morgan fingerprint density at radius 1 is 1.32 bits per heavy atom. The number of benzene rings is 1. The maximum Gasteiger partial charge on any atom is 0.329 e. The number of aromatic nitrogens is 1. The number of likely N-dealkylation sites (N-methyl/N-ethyl adjacent to an activating group) is 1. The van der Waals surface area contributed by atoms with Gasteiger partial charge in [0.2, 0.25) is 5.91 Å². The van der Waals surface area contributed by atoms with Gasteiger partial charge in [-0.2, -0.15) is 0 Å². The van der Waals surface area contributed by atoms with Gasteiger partial charge in [-0.25, -0.2) is 9.78 Å². The SMILES string of the molecule is CN(C(=O)Cc1csc(COc2ccc(Cl)cc2)n1)C(C)(C)C(=O)O. The van der Waals surface area contributed by atoms with E-state index >= 15 is 0 Å². The minimum absolute atomic E-state index is 0.0463. The Hall–Kier alpha value is -2.12. The molecule has 1 heterocycles. The molecule has 1 aromatic carbocycles. The summed E-state index contributed by atoms with van der Waals surface area (Å²) in [4.78, 5) is 29.1. The molecule has 0 saturated heterocycles. The van der Waals surface area contributed by atoms with Gasteiger partial charge in [0.05, 0.1) is 12.1 Å².